The van der Waals surface area contributed by atoms with E-state index in [1.54, 1.807) is 20.8 Å². The van der Waals surface area contributed by atoms with Gasteiger partial charge in [-0.3, -0.25) is 9.59 Å². The lowest BCUT2D eigenvalue weighted by Gasteiger charge is -2.34. The lowest BCUT2D eigenvalue weighted by molar-refractivity contribution is -0.143. The summed E-state index contributed by atoms with van der Waals surface area (Å²) in [5.74, 6) is -0.908. The Morgan fingerprint density at radius 1 is 1.06 bits per heavy atom. The summed E-state index contributed by atoms with van der Waals surface area (Å²) in [6.45, 7) is 10.8. The minimum absolute atomic E-state index is 0.252. The summed E-state index contributed by atoms with van der Waals surface area (Å²) in [4.78, 5) is 41.1. The van der Waals surface area contributed by atoms with Gasteiger partial charge in [-0.25, -0.2) is 4.79 Å². The average molecular weight is 498 g/mol. The van der Waals surface area contributed by atoms with Crippen molar-refractivity contribution >= 4 is 17.9 Å². The Kier molecular flexibility index (Phi) is 10.5. The van der Waals surface area contributed by atoms with E-state index in [2.05, 4.69) is 10.6 Å². The Morgan fingerprint density at radius 2 is 1.72 bits per heavy atom. The molecule has 0 fully saturated rings. The van der Waals surface area contributed by atoms with Crippen molar-refractivity contribution in [2.24, 2.45) is 0 Å². The van der Waals surface area contributed by atoms with Gasteiger partial charge in [-0.1, -0.05) is 61.0 Å². The smallest absolute Gasteiger partial charge is 0.408 e. The number of aliphatic hydroxyl groups is 1. The van der Waals surface area contributed by atoms with Crippen molar-refractivity contribution in [2.45, 2.75) is 72.2 Å². The molecular weight excluding hydrogens is 458 g/mol. The summed E-state index contributed by atoms with van der Waals surface area (Å²) in [5, 5.41) is 15.4. The third-order valence-electron chi connectivity index (χ3n) is 5.52. The minimum atomic E-state index is -1.26. The SMILES string of the molecule is CCCN(C(=O)C(CO)NC(=O)OC(C)(C)C)C(C(=O)NCc1ccccc1)c1cc(C)ccc1C. The molecule has 2 aromatic carbocycles. The molecule has 0 aliphatic rings. The first-order chi connectivity index (χ1) is 17.0. The van der Waals surface area contributed by atoms with E-state index in [1.165, 1.54) is 4.90 Å². The third-order valence-corrected chi connectivity index (χ3v) is 5.52. The Bertz CT molecular complexity index is 1030. The molecule has 3 amide bonds. The summed E-state index contributed by atoms with van der Waals surface area (Å²) < 4.78 is 5.26. The molecule has 0 spiro atoms. The van der Waals surface area contributed by atoms with E-state index in [9.17, 15) is 19.5 Å². The number of aryl methyl sites for hydroxylation is 2. The maximum absolute atomic E-state index is 13.7. The lowest BCUT2D eigenvalue weighted by atomic mass is 9.96. The monoisotopic (exact) mass is 497 g/mol. The van der Waals surface area contributed by atoms with Gasteiger partial charge in [0.05, 0.1) is 6.61 Å². The molecule has 0 aromatic heterocycles. The number of alkyl carbamates (subject to hydrolysis) is 1. The zero-order chi connectivity index (χ0) is 26.9. The molecule has 2 rings (SSSR count). The Hall–Kier alpha value is -3.39. The Labute approximate surface area is 214 Å². The molecule has 2 aromatic rings. The predicted molar refractivity (Wildman–Crippen MR) is 139 cm³/mol. The van der Waals surface area contributed by atoms with Crippen LogP contribution in [0.5, 0.6) is 0 Å². The van der Waals surface area contributed by atoms with E-state index in [-0.39, 0.29) is 12.5 Å². The van der Waals surface area contributed by atoms with Gasteiger partial charge in [0.15, 0.2) is 0 Å². The summed E-state index contributed by atoms with van der Waals surface area (Å²) >= 11 is 0. The molecule has 0 radical (unpaired) electrons. The molecule has 0 bridgehead atoms. The number of aliphatic hydroxyl groups excluding tert-OH is 1. The molecule has 0 aliphatic heterocycles. The third kappa shape index (κ3) is 8.37. The molecule has 2 atom stereocenters. The second-order valence-corrected chi connectivity index (χ2v) is 9.88. The summed E-state index contributed by atoms with van der Waals surface area (Å²) in [6.07, 6.45) is -0.243. The van der Waals surface area contributed by atoms with Crippen molar-refractivity contribution in [3.8, 4) is 0 Å². The number of nitrogens with zero attached hydrogens (tertiary/aromatic N) is 1. The number of hydrogen-bond acceptors (Lipinski definition) is 5. The molecule has 196 valence electrons. The van der Waals surface area contributed by atoms with Gasteiger partial charge in [-0.2, -0.15) is 0 Å². The van der Waals surface area contributed by atoms with Crippen LogP contribution in [-0.4, -0.2) is 52.7 Å². The molecular formula is C28H39N3O5. The number of hydrogen-bond donors (Lipinski definition) is 3. The number of carbonyl (C=O) groups excluding carboxylic acids is 3. The second kappa shape index (κ2) is 13.1. The van der Waals surface area contributed by atoms with Gasteiger partial charge in [-0.05, 0) is 57.7 Å². The van der Waals surface area contributed by atoms with Gasteiger partial charge in [0.25, 0.3) is 0 Å². The fourth-order valence-electron chi connectivity index (χ4n) is 3.83. The molecule has 0 saturated heterocycles. The minimum Gasteiger partial charge on any atom is -0.444 e. The van der Waals surface area contributed by atoms with Gasteiger partial charge < -0.3 is 25.4 Å². The molecule has 0 heterocycles. The van der Waals surface area contributed by atoms with Gasteiger partial charge in [0.2, 0.25) is 11.8 Å². The van der Waals surface area contributed by atoms with E-state index >= 15 is 0 Å². The van der Waals surface area contributed by atoms with E-state index in [4.69, 9.17) is 4.74 Å². The first-order valence-electron chi connectivity index (χ1n) is 12.3. The highest BCUT2D eigenvalue weighted by atomic mass is 16.6. The fourth-order valence-corrected chi connectivity index (χ4v) is 3.83. The quantitative estimate of drug-likeness (QED) is 0.463. The average Bonchev–Trinajstić information content (AvgIpc) is 2.82. The first kappa shape index (κ1) is 28.8. The van der Waals surface area contributed by atoms with E-state index in [1.807, 2.05) is 69.3 Å². The van der Waals surface area contributed by atoms with Crippen LogP contribution < -0.4 is 10.6 Å². The van der Waals surface area contributed by atoms with Crippen molar-refractivity contribution in [1.82, 2.24) is 15.5 Å². The number of benzene rings is 2. The van der Waals surface area contributed by atoms with Crippen LogP contribution in [0, 0.1) is 13.8 Å². The zero-order valence-corrected chi connectivity index (χ0v) is 22.1. The topological polar surface area (TPSA) is 108 Å². The second-order valence-electron chi connectivity index (χ2n) is 9.88. The van der Waals surface area contributed by atoms with Crippen molar-refractivity contribution in [2.75, 3.05) is 13.2 Å². The van der Waals surface area contributed by atoms with Crippen LogP contribution in [0.15, 0.2) is 48.5 Å². The fraction of sp³-hybridized carbons (Fsp3) is 0.464. The highest BCUT2D eigenvalue weighted by molar-refractivity contribution is 5.92. The lowest BCUT2D eigenvalue weighted by Crippen LogP contribution is -2.54. The van der Waals surface area contributed by atoms with Crippen LogP contribution >= 0.6 is 0 Å². The number of nitrogens with one attached hydrogen (secondary N) is 2. The Balaban J connectivity index is 2.42. The van der Waals surface area contributed by atoms with Crippen molar-refractivity contribution in [3.63, 3.8) is 0 Å². The van der Waals surface area contributed by atoms with E-state index in [0.29, 0.717) is 18.5 Å². The predicted octanol–water partition coefficient (Wildman–Crippen LogP) is 3.79. The number of carbonyl (C=O) groups is 3. The van der Waals surface area contributed by atoms with Crippen LogP contribution in [0.4, 0.5) is 4.79 Å². The number of ether oxygens (including phenoxy) is 1. The highest BCUT2D eigenvalue weighted by Gasteiger charge is 2.36. The first-order valence-corrected chi connectivity index (χ1v) is 12.3. The molecule has 2 unspecified atom stereocenters. The molecule has 3 N–H and O–H groups in total. The standard InChI is InChI=1S/C28H39N3O5/c1-7-15-31(26(34)23(18-32)30-27(35)36-28(4,5)6)24(22-16-19(2)13-14-20(22)3)25(33)29-17-21-11-9-8-10-12-21/h8-14,16,23-24,32H,7,15,17-18H2,1-6H3,(H,29,33)(H,30,35). The summed E-state index contributed by atoms with van der Waals surface area (Å²) in [6, 6.07) is 13.1. The highest BCUT2D eigenvalue weighted by Crippen LogP contribution is 2.27. The van der Waals surface area contributed by atoms with Gasteiger partial charge in [-0.15, -0.1) is 0 Å². The van der Waals surface area contributed by atoms with Crippen LogP contribution in [0.1, 0.15) is 62.4 Å². The van der Waals surface area contributed by atoms with Crippen molar-refractivity contribution in [1.29, 1.82) is 0 Å². The van der Waals surface area contributed by atoms with Crippen LogP contribution in [0.25, 0.3) is 0 Å². The molecule has 8 heteroatoms. The number of rotatable bonds is 10. The molecule has 0 aliphatic carbocycles. The van der Waals surface area contributed by atoms with E-state index < -0.39 is 36.3 Å². The summed E-state index contributed by atoms with van der Waals surface area (Å²) in [7, 11) is 0. The van der Waals surface area contributed by atoms with Crippen molar-refractivity contribution < 1.29 is 24.2 Å². The summed E-state index contributed by atoms with van der Waals surface area (Å²) in [5.41, 5.74) is 2.66. The van der Waals surface area contributed by atoms with E-state index in [0.717, 1.165) is 16.7 Å². The van der Waals surface area contributed by atoms with Crippen molar-refractivity contribution in [3.05, 3.63) is 70.8 Å². The maximum atomic E-state index is 13.7. The Morgan fingerprint density at radius 3 is 2.31 bits per heavy atom. The number of amides is 3. The molecule has 0 saturated carbocycles. The van der Waals surface area contributed by atoms with Crippen LogP contribution in [-0.2, 0) is 20.9 Å². The largest absolute Gasteiger partial charge is 0.444 e. The van der Waals surface area contributed by atoms with Gasteiger partial charge in [0, 0.05) is 13.1 Å². The van der Waals surface area contributed by atoms with Crippen LogP contribution in [0.3, 0.4) is 0 Å². The van der Waals surface area contributed by atoms with Gasteiger partial charge >= 0.3 is 6.09 Å². The normalized spacial score (nSPS) is 12.9. The van der Waals surface area contributed by atoms with Gasteiger partial charge in [0.1, 0.15) is 17.7 Å². The maximum Gasteiger partial charge on any atom is 0.408 e. The molecule has 8 nitrogen and oxygen atoms in total. The zero-order valence-electron chi connectivity index (χ0n) is 22.1. The van der Waals surface area contributed by atoms with Crippen LogP contribution in [0.2, 0.25) is 0 Å². The molecule has 36 heavy (non-hydrogen) atoms.